The van der Waals surface area contributed by atoms with Gasteiger partial charge in [0.15, 0.2) is 17.7 Å². The van der Waals surface area contributed by atoms with Crippen LogP contribution in [0, 0.1) is 18.6 Å². The SMILES string of the molecule is Cc1cnccc1N1CCN(C(=O)[C@H](C)Oc2ccc(F)cc2F)CC1. The first kappa shape index (κ1) is 18.1. The molecule has 1 aliphatic rings. The number of amides is 1. The van der Waals surface area contributed by atoms with Crippen LogP contribution in [0.15, 0.2) is 36.7 Å². The van der Waals surface area contributed by atoms with Crippen molar-refractivity contribution in [3.05, 3.63) is 53.9 Å². The highest BCUT2D eigenvalue weighted by molar-refractivity contribution is 5.81. The van der Waals surface area contributed by atoms with Crippen LogP contribution in [0.3, 0.4) is 0 Å². The van der Waals surface area contributed by atoms with Crippen molar-refractivity contribution < 1.29 is 18.3 Å². The number of carbonyl (C=O) groups is 1. The molecule has 26 heavy (non-hydrogen) atoms. The molecule has 1 aromatic heterocycles. The van der Waals surface area contributed by atoms with Gasteiger partial charge < -0.3 is 14.5 Å². The summed E-state index contributed by atoms with van der Waals surface area (Å²) in [7, 11) is 0. The minimum Gasteiger partial charge on any atom is -0.478 e. The van der Waals surface area contributed by atoms with E-state index >= 15 is 0 Å². The highest BCUT2D eigenvalue weighted by atomic mass is 19.1. The average Bonchev–Trinajstić information content (AvgIpc) is 2.64. The molecule has 5 nitrogen and oxygen atoms in total. The van der Waals surface area contributed by atoms with Gasteiger partial charge >= 0.3 is 0 Å². The predicted molar refractivity (Wildman–Crippen MR) is 94.2 cm³/mol. The lowest BCUT2D eigenvalue weighted by Gasteiger charge is -2.37. The van der Waals surface area contributed by atoms with Crippen LogP contribution in [-0.4, -0.2) is 48.1 Å². The molecule has 7 heteroatoms. The van der Waals surface area contributed by atoms with Gasteiger partial charge in [-0.05, 0) is 37.6 Å². The van der Waals surface area contributed by atoms with E-state index in [9.17, 15) is 13.6 Å². The zero-order chi connectivity index (χ0) is 18.7. The summed E-state index contributed by atoms with van der Waals surface area (Å²) in [6, 6.07) is 5.00. The van der Waals surface area contributed by atoms with Crippen LogP contribution >= 0.6 is 0 Å². The van der Waals surface area contributed by atoms with Crippen molar-refractivity contribution in [1.29, 1.82) is 0 Å². The quantitative estimate of drug-likeness (QED) is 0.840. The maximum Gasteiger partial charge on any atom is 0.263 e. The number of ether oxygens (including phenoxy) is 1. The molecule has 2 aromatic rings. The largest absolute Gasteiger partial charge is 0.478 e. The minimum atomic E-state index is -0.843. The van der Waals surface area contributed by atoms with Gasteiger partial charge in [0.05, 0.1) is 0 Å². The van der Waals surface area contributed by atoms with E-state index < -0.39 is 17.7 Å². The molecule has 1 amide bonds. The van der Waals surface area contributed by atoms with Gasteiger partial charge in [-0.1, -0.05) is 0 Å². The number of rotatable bonds is 4. The van der Waals surface area contributed by atoms with Crippen LogP contribution < -0.4 is 9.64 Å². The van der Waals surface area contributed by atoms with Gasteiger partial charge in [-0.3, -0.25) is 9.78 Å². The van der Waals surface area contributed by atoms with E-state index in [1.165, 1.54) is 6.07 Å². The van der Waals surface area contributed by atoms with Gasteiger partial charge in [0.25, 0.3) is 5.91 Å². The van der Waals surface area contributed by atoms with Gasteiger partial charge in [0, 0.05) is 50.3 Å². The molecule has 1 saturated heterocycles. The average molecular weight is 361 g/mol. The van der Waals surface area contributed by atoms with E-state index in [-0.39, 0.29) is 11.7 Å². The number of pyridine rings is 1. The number of hydrogen-bond acceptors (Lipinski definition) is 4. The Morgan fingerprint density at radius 3 is 2.58 bits per heavy atom. The van der Waals surface area contributed by atoms with Gasteiger partial charge in [-0.2, -0.15) is 0 Å². The first-order valence-corrected chi connectivity index (χ1v) is 8.52. The summed E-state index contributed by atoms with van der Waals surface area (Å²) in [5.74, 6) is -1.84. The molecule has 1 atom stereocenters. The second kappa shape index (κ2) is 7.68. The monoisotopic (exact) mass is 361 g/mol. The summed E-state index contributed by atoms with van der Waals surface area (Å²) >= 11 is 0. The van der Waals surface area contributed by atoms with Gasteiger partial charge in [0.1, 0.15) is 5.82 Å². The molecule has 0 saturated carbocycles. The molecule has 0 bridgehead atoms. The van der Waals surface area contributed by atoms with Crippen molar-refractivity contribution in [2.24, 2.45) is 0 Å². The topological polar surface area (TPSA) is 45.7 Å². The van der Waals surface area contributed by atoms with Crippen LogP contribution in [-0.2, 0) is 4.79 Å². The number of carbonyl (C=O) groups excluding carboxylic acids is 1. The summed E-state index contributed by atoms with van der Waals surface area (Å²) in [5, 5.41) is 0. The predicted octanol–water partition coefficient (Wildman–Crippen LogP) is 2.78. The maximum absolute atomic E-state index is 13.7. The fraction of sp³-hybridized carbons (Fsp3) is 0.368. The molecule has 0 N–H and O–H groups in total. The first-order valence-electron chi connectivity index (χ1n) is 8.52. The van der Waals surface area contributed by atoms with E-state index in [0.717, 1.165) is 23.4 Å². The number of benzene rings is 1. The third-order valence-electron chi connectivity index (χ3n) is 4.47. The van der Waals surface area contributed by atoms with Crippen molar-refractivity contribution >= 4 is 11.6 Å². The van der Waals surface area contributed by atoms with Gasteiger partial charge in [-0.15, -0.1) is 0 Å². The molecular formula is C19H21F2N3O2. The Hall–Kier alpha value is -2.70. The molecule has 3 rings (SSSR count). The van der Waals surface area contributed by atoms with Crippen molar-refractivity contribution in [3.63, 3.8) is 0 Å². The molecule has 0 aliphatic carbocycles. The van der Waals surface area contributed by atoms with E-state index in [1.54, 1.807) is 18.0 Å². The lowest BCUT2D eigenvalue weighted by Crippen LogP contribution is -2.52. The van der Waals surface area contributed by atoms with Crippen molar-refractivity contribution in [2.75, 3.05) is 31.1 Å². The zero-order valence-electron chi connectivity index (χ0n) is 14.8. The molecular weight excluding hydrogens is 340 g/mol. The zero-order valence-corrected chi connectivity index (χ0v) is 14.8. The number of nitrogens with zero attached hydrogens (tertiary/aromatic N) is 3. The lowest BCUT2D eigenvalue weighted by atomic mass is 10.2. The van der Waals surface area contributed by atoms with Gasteiger partial charge in [0.2, 0.25) is 0 Å². The van der Waals surface area contributed by atoms with Gasteiger partial charge in [-0.25, -0.2) is 8.78 Å². The molecule has 1 fully saturated rings. The summed E-state index contributed by atoms with van der Waals surface area (Å²) in [5.41, 5.74) is 2.21. The van der Waals surface area contributed by atoms with E-state index in [0.29, 0.717) is 26.2 Å². The first-order chi connectivity index (χ1) is 12.5. The van der Waals surface area contributed by atoms with Crippen LogP contribution in [0.25, 0.3) is 0 Å². The summed E-state index contributed by atoms with van der Waals surface area (Å²) in [6.07, 6.45) is 2.73. The smallest absolute Gasteiger partial charge is 0.263 e. The van der Waals surface area contributed by atoms with Crippen molar-refractivity contribution in [3.8, 4) is 5.75 Å². The molecule has 0 unspecified atom stereocenters. The third kappa shape index (κ3) is 3.92. The Morgan fingerprint density at radius 2 is 1.92 bits per heavy atom. The molecule has 1 aromatic carbocycles. The second-order valence-electron chi connectivity index (χ2n) is 6.31. The number of anilines is 1. The van der Waals surface area contributed by atoms with E-state index in [4.69, 9.17) is 4.74 Å². The maximum atomic E-state index is 13.7. The molecule has 0 spiro atoms. The van der Waals surface area contributed by atoms with Crippen LogP contribution in [0.4, 0.5) is 14.5 Å². The minimum absolute atomic E-state index is 0.127. The van der Waals surface area contributed by atoms with Crippen molar-refractivity contribution in [1.82, 2.24) is 9.88 Å². The second-order valence-corrected chi connectivity index (χ2v) is 6.31. The molecule has 2 heterocycles. The normalized spacial score (nSPS) is 15.7. The summed E-state index contributed by atoms with van der Waals surface area (Å²) < 4.78 is 32.0. The molecule has 0 radical (unpaired) electrons. The van der Waals surface area contributed by atoms with Crippen LogP contribution in [0.1, 0.15) is 12.5 Å². The Labute approximate surface area is 151 Å². The fourth-order valence-corrected chi connectivity index (χ4v) is 3.06. The Kier molecular flexibility index (Phi) is 5.35. The highest BCUT2D eigenvalue weighted by Gasteiger charge is 2.27. The lowest BCUT2D eigenvalue weighted by molar-refractivity contribution is -0.138. The Balaban J connectivity index is 1.58. The molecule has 138 valence electrons. The Bertz CT molecular complexity index is 792. The van der Waals surface area contributed by atoms with Crippen LogP contribution in [0.5, 0.6) is 5.75 Å². The summed E-state index contributed by atoms with van der Waals surface area (Å²) in [4.78, 5) is 20.6. The standard InChI is InChI=1S/C19H21F2N3O2/c1-13-12-22-6-5-17(13)23-7-9-24(10-8-23)19(25)14(2)26-18-4-3-15(20)11-16(18)21/h3-6,11-12,14H,7-10H2,1-2H3/t14-/m0/s1. The number of aryl methyl sites for hydroxylation is 1. The number of halogens is 2. The highest BCUT2D eigenvalue weighted by Crippen LogP contribution is 2.22. The molecule has 1 aliphatic heterocycles. The van der Waals surface area contributed by atoms with E-state index in [1.807, 2.05) is 19.2 Å². The van der Waals surface area contributed by atoms with Crippen molar-refractivity contribution in [2.45, 2.75) is 20.0 Å². The van der Waals surface area contributed by atoms with E-state index in [2.05, 4.69) is 9.88 Å². The number of aromatic nitrogens is 1. The number of hydrogen-bond donors (Lipinski definition) is 0. The van der Waals surface area contributed by atoms with Crippen LogP contribution in [0.2, 0.25) is 0 Å². The Morgan fingerprint density at radius 1 is 1.19 bits per heavy atom. The number of piperazine rings is 1. The third-order valence-corrected chi connectivity index (χ3v) is 4.47. The fourth-order valence-electron chi connectivity index (χ4n) is 3.06. The summed E-state index contributed by atoms with van der Waals surface area (Å²) in [6.45, 7) is 6.10.